The molecule has 1 atom stereocenters. The SMILES string of the molecule is CC(C)C(=O)NCCC(=O)N1CCC([C@H](N)Cc2cc(F)c(F)cc2F)CC1. The van der Waals surface area contributed by atoms with Crippen LogP contribution < -0.4 is 11.1 Å². The van der Waals surface area contributed by atoms with Gasteiger partial charge in [-0.05, 0) is 36.8 Å². The summed E-state index contributed by atoms with van der Waals surface area (Å²) in [5, 5.41) is 2.72. The largest absolute Gasteiger partial charge is 0.355 e. The molecule has 0 unspecified atom stereocenters. The molecule has 0 bridgehead atoms. The molecule has 1 fully saturated rings. The molecular formula is C20H28F3N3O2. The van der Waals surface area contributed by atoms with Crippen LogP contribution in [-0.4, -0.2) is 42.4 Å². The predicted octanol–water partition coefficient (Wildman–Crippen LogP) is 2.37. The summed E-state index contributed by atoms with van der Waals surface area (Å²) < 4.78 is 40.2. The Labute approximate surface area is 163 Å². The third-order valence-corrected chi connectivity index (χ3v) is 5.21. The van der Waals surface area contributed by atoms with Crippen molar-refractivity contribution in [1.29, 1.82) is 0 Å². The van der Waals surface area contributed by atoms with E-state index in [0.717, 1.165) is 6.07 Å². The fraction of sp³-hybridized carbons (Fsp3) is 0.600. The van der Waals surface area contributed by atoms with Crippen molar-refractivity contribution in [3.63, 3.8) is 0 Å². The molecule has 0 spiro atoms. The van der Waals surface area contributed by atoms with Crippen molar-refractivity contribution in [2.75, 3.05) is 19.6 Å². The number of piperidine rings is 1. The molecule has 8 heteroatoms. The Balaban J connectivity index is 1.79. The minimum absolute atomic E-state index is 0.0253. The number of benzene rings is 1. The highest BCUT2D eigenvalue weighted by atomic mass is 19.2. The zero-order valence-electron chi connectivity index (χ0n) is 16.3. The molecule has 0 aromatic heterocycles. The molecule has 0 saturated carbocycles. The smallest absolute Gasteiger partial charge is 0.224 e. The molecule has 156 valence electrons. The molecule has 2 amide bonds. The van der Waals surface area contributed by atoms with Crippen molar-refractivity contribution >= 4 is 11.8 Å². The van der Waals surface area contributed by atoms with Crippen LogP contribution in [0.3, 0.4) is 0 Å². The van der Waals surface area contributed by atoms with Gasteiger partial charge in [0.25, 0.3) is 0 Å². The second-order valence-electron chi connectivity index (χ2n) is 7.64. The van der Waals surface area contributed by atoms with E-state index in [9.17, 15) is 22.8 Å². The third kappa shape index (κ3) is 5.95. The van der Waals surface area contributed by atoms with E-state index in [4.69, 9.17) is 5.73 Å². The third-order valence-electron chi connectivity index (χ3n) is 5.21. The van der Waals surface area contributed by atoms with Gasteiger partial charge in [-0.3, -0.25) is 9.59 Å². The van der Waals surface area contributed by atoms with Crippen molar-refractivity contribution in [2.45, 2.75) is 45.6 Å². The van der Waals surface area contributed by atoms with Gasteiger partial charge in [-0.1, -0.05) is 13.8 Å². The van der Waals surface area contributed by atoms with E-state index in [1.54, 1.807) is 18.7 Å². The lowest BCUT2D eigenvalue weighted by molar-refractivity contribution is -0.132. The van der Waals surface area contributed by atoms with Crippen LogP contribution in [0.25, 0.3) is 0 Å². The summed E-state index contributed by atoms with van der Waals surface area (Å²) in [4.78, 5) is 25.5. The molecule has 1 aliphatic heterocycles. The monoisotopic (exact) mass is 399 g/mol. The predicted molar refractivity (Wildman–Crippen MR) is 99.8 cm³/mol. The highest BCUT2D eigenvalue weighted by molar-refractivity contribution is 5.80. The minimum Gasteiger partial charge on any atom is -0.355 e. The van der Waals surface area contributed by atoms with E-state index in [2.05, 4.69) is 5.32 Å². The van der Waals surface area contributed by atoms with E-state index in [1.165, 1.54) is 0 Å². The fourth-order valence-corrected chi connectivity index (χ4v) is 3.37. The molecule has 2 rings (SSSR count). The number of nitrogens with two attached hydrogens (primary N) is 1. The molecule has 1 aromatic rings. The Morgan fingerprint density at radius 3 is 2.36 bits per heavy atom. The van der Waals surface area contributed by atoms with Crippen LogP contribution in [-0.2, 0) is 16.0 Å². The number of nitrogens with zero attached hydrogens (tertiary/aromatic N) is 1. The number of amides is 2. The van der Waals surface area contributed by atoms with E-state index in [0.29, 0.717) is 38.5 Å². The highest BCUT2D eigenvalue weighted by Crippen LogP contribution is 2.24. The van der Waals surface area contributed by atoms with Crippen molar-refractivity contribution in [2.24, 2.45) is 17.6 Å². The lowest BCUT2D eigenvalue weighted by Gasteiger charge is -2.35. The van der Waals surface area contributed by atoms with Crippen LogP contribution in [0.2, 0.25) is 0 Å². The van der Waals surface area contributed by atoms with Gasteiger partial charge in [0.05, 0.1) is 0 Å². The van der Waals surface area contributed by atoms with Crippen LogP contribution >= 0.6 is 0 Å². The topological polar surface area (TPSA) is 75.4 Å². The quantitative estimate of drug-likeness (QED) is 0.692. The van der Waals surface area contributed by atoms with Gasteiger partial charge in [0.1, 0.15) is 5.82 Å². The van der Waals surface area contributed by atoms with E-state index < -0.39 is 23.5 Å². The summed E-state index contributed by atoms with van der Waals surface area (Å²) >= 11 is 0. The highest BCUT2D eigenvalue weighted by Gasteiger charge is 2.27. The molecule has 28 heavy (non-hydrogen) atoms. The summed E-state index contributed by atoms with van der Waals surface area (Å²) in [7, 11) is 0. The van der Waals surface area contributed by atoms with Gasteiger partial charge in [0.15, 0.2) is 11.6 Å². The first kappa shape index (κ1) is 22.2. The summed E-state index contributed by atoms with van der Waals surface area (Å²) in [5.74, 6) is -3.26. The van der Waals surface area contributed by atoms with Crippen LogP contribution in [0.5, 0.6) is 0 Å². The Morgan fingerprint density at radius 1 is 1.14 bits per heavy atom. The van der Waals surface area contributed by atoms with Crippen LogP contribution in [0, 0.1) is 29.3 Å². The van der Waals surface area contributed by atoms with Crippen molar-refractivity contribution in [3.05, 3.63) is 35.1 Å². The number of rotatable bonds is 7. The van der Waals surface area contributed by atoms with Crippen LogP contribution in [0.1, 0.15) is 38.7 Å². The first-order valence-corrected chi connectivity index (χ1v) is 9.63. The van der Waals surface area contributed by atoms with Crippen LogP contribution in [0.15, 0.2) is 12.1 Å². The summed E-state index contributed by atoms with van der Waals surface area (Å²) in [6.45, 7) is 4.96. The Kier molecular flexibility index (Phi) is 7.86. The number of likely N-dealkylation sites (tertiary alicyclic amines) is 1. The Morgan fingerprint density at radius 2 is 1.75 bits per heavy atom. The number of nitrogens with one attached hydrogen (secondary N) is 1. The maximum atomic E-state index is 13.8. The molecule has 1 aromatic carbocycles. The van der Waals surface area contributed by atoms with Gasteiger partial charge >= 0.3 is 0 Å². The van der Waals surface area contributed by atoms with Crippen LogP contribution in [0.4, 0.5) is 13.2 Å². The summed E-state index contributed by atoms with van der Waals surface area (Å²) in [6.07, 6.45) is 1.69. The maximum absolute atomic E-state index is 13.8. The number of hydrogen-bond donors (Lipinski definition) is 2. The molecule has 1 saturated heterocycles. The first-order chi connectivity index (χ1) is 13.2. The van der Waals surface area contributed by atoms with Crippen molar-refractivity contribution in [1.82, 2.24) is 10.2 Å². The van der Waals surface area contributed by atoms with Gasteiger partial charge in [-0.25, -0.2) is 13.2 Å². The first-order valence-electron chi connectivity index (χ1n) is 9.63. The van der Waals surface area contributed by atoms with Gasteiger partial charge in [0.2, 0.25) is 11.8 Å². The van der Waals surface area contributed by atoms with E-state index in [1.807, 2.05) is 0 Å². The number of halogens is 3. The normalized spacial score (nSPS) is 16.3. The maximum Gasteiger partial charge on any atom is 0.224 e. The number of carbonyl (C=O) groups is 2. The Hall–Kier alpha value is -2.09. The van der Waals surface area contributed by atoms with E-state index in [-0.39, 0.29) is 42.1 Å². The average molecular weight is 399 g/mol. The molecule has 0 aliphatic carbocycles. The lowest BCUT2D eigenvalue weighted by Crippen LogP contribution is -2.45. The van der Waals surface area contributed by atoms with Crippen molar-refractivity contribution < 1.29 is 22.8 Å². The summed E-state index contributed by atoms with van der Waals surface area (Å²) in [6, 6.07) is 0.993. The second-order valence-corrected chi connectivity index (χ2v) is 7.64. The van der Waals surface area contributed by atoms with Gasteiger partial charge < -0.3 is 16.0 Å². The zero-order valence-corrected chi connectivity index (χ0v) is 16.3. The molecule has 1 aliphatic rings. The molecule has 3 N–H and O–H groups in total. The Bertz CT molecular complexity index is 704. The number of hydrogen-bond acceptors (Lipinski definition) is 3. The molecule has 0 radical (unpaired) electrons. The average Bonchev–Trinajstić information content (AvgIpc) is 2.65. The second kappa shape index (κ2) is 9.91. The van der Waals surface area contributed by atoms with Crippen molar-refractivity contribution in [3.8, 4) is 0 Å². The molecule has 5 nitrogen and oxygen atoms in total. The fourth-order valence-electron chi connectivity index (χ4n) is 3.37. The lowest BCUT2D eigenvalue weighted by atomic mass is 9.86. The molecule has 1 heterocycles. The van der Waals surface area contributed by atoms with Gasteiger partial charge in [0, 0.05) is 44.1 Å². The van der Waals surface area contributed by atoms with E-state index >= 15 is 0 Å². The standard InChI is InChI=1S/C20H28F3N3O2/c1-12(2)20(28)25-6-3-19(27)26-7-4-13(5-8-26)18(24)10-14-9-16(22)17(23)11-15(14)21/h9,11-13,18H,3-8,10,24H2,1-2H3,(H,25,28)/t18-/m1/s1. The zero-order chi connectivity index (χ0) is 20.8. The molecular weight excluding hydrogens is 371 g/mol. The summed E-state index contributed by atoms with van der Waals surface area (Å²) in [5.41, 5.74) is 6.23. The van der Waals surface area contributed by atoms with Gasteiger partial charge in [-0.15, -0.1) is 0 Å². The minimum atomic E-state index is -1.22. The number of carbonyl (C=O) groups excluding carboxylic acids is 2. The van der Waals surface area contributed by atoms with Gasteiger partial charge in [-0.2, -0.15) is 0 Å².